The summed E-state index contributed by atoms with van der Waals surface area (Å²) < 4.78 is 21.8. The number of rotatable bonds is 12. The van der Waals surface area contributed by atoms with Crippen LogP contribution < -0.4 is 29.6 Å². The Kier molecular flexibility index (Phi) is 9.76. The number of ether oxygens (including phenoxy) is 4. The van der Waals surface area contributed by atoms with E-state index >= 15 is 0 Å². The molecule has 0 saturated carbocycles. The maximum Gasteiger partial charge on any atom is 0.268 e. The molecule has 0 atom stereocenters. The predicted octanol–water partition coefficient (Wildman–Crippen LogP) is 4.65. The van der Waals surface area contributed by atoms with Crippen molar-refractivity contribution >= 4 is 29.2 Å². The average molecular weight is 511 g/mol. The molecule has 2 aromatic carbocycles. The highest BCUT2D eigenvalue weighted by Crippen LogP contribution is 2.29. The zero-order chi connectivity index (χ0) is 25.9. The van der Waals surface area contributed by atoms with E-state index in [1.807, 2.05) is 49.6 Å². The number of nitrogens with one attached hydrogen (secondary N) is 2. The van der Waals surface area contributed by atoms with Gasteiger partial charge in [0.15, 0.2) is 23.0 Å². The molecule has 0 bridgehead atoms. The van der Waals surface area contributed by atoms with Gasteiger partial charge in [0.25, 0.3) is 11.8 Å². The zero-order valence-electron chi connectivity index (χ0n) is 20.8. The van der Waals surface area contributed by atoms with Gasteiger partial charge in [-0.25, -0.2) is 0 Å². The van der Waals surface area contributed by atoms with Gasteiger partial charge in [0.1, 0.15) is 5.70 Å². The first-order valence-electron chi connectivity index (χ1n) is 11.4. The van der Waals surface area contributed by atoms with Crippen LogP contribution in [0.4, 0.5) is 0 Å². The lowest BCUT2D eigenvalue weighted by atomic mass is 10.1. The Morgan fingerprint density at radius 3 is 2.28 bits per heavy atom. The summed E-state index contributed by atoms with van der Waals surface area (Å²) in [6.45, 7) is 5.05. The second-order valence-corrected chi connectivity index (χ2v) is 8.41. The molecule has 2 amide bonds. The third-order valence-electron chi connectivity index (χ3n) is 5.03. The van der Waals surface area contributed by atoms with Gasteiger partial charge in [-0.2, -0.15) is 0 Å². The van der Waals surface area contributed by atoms with Crippen LogP contribution in [-0.2, 0) is 11.3 Å². The molecule has 0 aliphatic heterocycles. The highest BCUT2D eigenvalue weighted by atomic mass is 32.1. The quantitative estimate of drug-likeness (QED) is 0.345. The molecule has 1 heterocycles. The van der Waals surface area contributed by atoms with E-state index in [-0.39, 0.29) is 12.2 Å². The van der Waals surface area contributed by atoms with Gasteiger partial charge in [-0.3, -0.25) is 9.59 Å². The maximum atomic E-state index is 13.1. The van der Waals surface area contributed by atoms with Crippen LogP contribution in [0.5, 0.6) is 23.0 Å². The van der Waals surface area contributed by atoms with Crippen molar-refractivity contribution in [3.05, 3.63) is 75.6 Å². The molecule has 36 heavy (non-hydrogen) atoms. The highest BCUT2D eigenvalue weighted by molar-refractivity contribution is 7.10. The van der Waals surface area contributed by atoms with Crippen molar-refractivity contribution in [2.75, 3.05) is 27.4 Å². The van der Waals surface area contributed by atoms with E-state index in [4.69, 9.17) is 18.9 Å². The summed E-state index contributed by atoms with van der Waals surface area (Å²) in [5.74, 6) is 1.30. The third kappa shape index (κ3) is 7.02. The summed E-state index contributed by atoms with van der Waals surface area (Å²) in [5.41, 5.74) is 1.27. The molecule has 3 rings (SSSR count). The molecular weight excluding hydrogens is 480 g/mol. The van der Waals surface area contributed by atoms with E-state index in [1.54, 1.807) is 24.3 Å². The summed E-state index contributed by atoms with van der Waals surface area (Å²) in [5, 5.41) is 7.50. The highest BCUT2D eigenvalue weighted by Gasteiger charge is 2.17. The first-order valence-corrected chi connectivity index (χ1v) is 12.3. The Balaban J connectivity index is 1.78. The molecule has 0 aliphatic rings. The second-order valence-electron chi connectivity index (χ2n) is 7.43. The van der Waals surface area contributed by atoms with Crippen LogP contribution in [0.2, 0.25) is 0 Å². The number of methoxy groups -OCH3 is 2. The Morgan fingerprint density at radius 1 is 0.889 bits per heavy atom. The molecule has 1 aromatic heterocycles. The Labute approximate surface area is 214 Å². The van der Waals surface area contributed by atoms with E-state index in [1.165, 1.54) is 25.6 Å². The first kappa shape index (κ1) is 26.6. The standard InChI is InChI=1S/C27H30N2O6S/c1-5-34-23-11-9-18(14-25(23)35-6-2)17-28-27(31)21(16-20-8-7-13-36-20)29-26(30)19-10-12-22(32-3)24(15-19)33-4/h7-16H,5-6,17H2,1-4H3,(H,28,31)(H,29,30)/b21-16-. The van der Waals surface area contributed by atoms with Crippen LogP contribution in [0.15, 0.2) is 59.6 Å². The minimum atomic E-state index is -0.450. The van der Waals surface area contributed by atoms with E-state index < -0.39 is 11.8 Å². The number of carbonyl (C=O) groups excluding carboxylic acids is 2. The van der Waals surface area contributed by atoms with Crippen molar-refractivity contribution in [3.8, 4) is 23.0 Å². The number of hydrogen-bond acceptors (Lipinski definition) is 7. The Bertz CT molecular complexity index is 1210. The number of amides is 2. The molecule has 190 valence electrons. The van der Waals surface area contributed by atoms with Crippen LogP contribution >= 0.6 is 11.3 Å². The van der Waals surface area contributed by atoms with Crippen LogP contribution in [0.25, 0.3) is 6.08 Å². The molecule has 0 saturated heterocycles. The van der Waals surface area contributed by atoms with Gasteiger partial charge in [-0.1, -0.05) is 12.1 Å². The topological polar surface area (TPSA) is 95.1 Å². The lowest BCUT2D eigenvalue weighted by molar-refractivity contribution is -0.117. The molecule has 3 aromatic rings. The Hall–Kier alpha value is -3.98. The monoisotopic (exact) mass is 510 g/mol. The minimum Gasteiger partial charge on any atom is -0.493 e. The molecule has 2 N–H and O–H groups in total. The first-order chi connectivity index (χ1) is 17.5. The average Bonchev–Trinajstić information content (AvgIpc) is 3.41. The molecule has 0 radical (unpaired) electrons. The van der Waals surface area contributed by atoms with Gasteiger partial charge >= 0.3 is 0 Å². The van der Waals surface area contributed by atoms with Crippen LogP contribution in [0.1, 0.15) is 34.6 Å². The Morgan fingerprint density at radius 2 is 1.61 bits per heavy atom. The number of carbonyl (C=O) groups is 2. The smallest absolute Gasteiger partial charge is 0.268 e. The van der Waals surface area contributed by atoms with Gasteiger partial charge in [0.05, 0.1) is 27.4 Å². The van der Waals surface area contributed by atoms with Crippen molar-refractivity contribution in [3.63, 3.8) is 0 Å². The molecule has 0 unspecified atom stereocenters. The van der Waals surface area contributed by atoms with Gasteiger partial charge < -0.3 is 29.6 Å². The third-order valence-corrected chi connectivity index (χ3v) is 5.85. The lowest BCUT2D eigenvalue weighted by Gasteiger charge is -2.14. The van der Waals surface area contributed by atoms with Crippen molar-refractivity contribution in [1.82, 2.24) is 10.6 Å². The number of thiophene rings is 1. The van der Waals surface area contributed by atoms with Crippen molar-refractivity contribution in [1.29, 1.82) is 0 Å². The van der Waals surface area contributed by atoms with Crippen molar-refractivity contribution < 1.29 is 28.5 Å². The summed E-state index contributed by atoms with van der Waals surface area (Å²) in [6.07, 6.45) is 1.64. The molecular formula is C27H30N2O6S. The van der Waals surface area contributed by atoms with Crippen molar-refractivity contribution in [2.24, 2.45) is 0 Å². The fraction of sp³-hybridized carbons (Fsp3) is 0.259. The van der Waals surface area contributed by atoms with Gasteiger partial charge in [-0.05, 0) is 67.3 Å². The van der Waals surface area contributed by atoms with E-state index in [2.05, 4.69) is 10.6 Å². The van der Waals surface area contributed by atoms with Gasteiger partial charge in [0, 0.05) is 17.0 Å². The van der Waals surface area contributed by atoms with Crippen LogP contribution in [0, 0.1) is 0 Å². The summed E-state index contributed by atoms with van der Waals surface area (Å²) in [7, 11) is 3.01. The van der Waals surface area contributed by atoms with E-state index in [0.717, 1.165) is 10.4 Å². The fourth-order valence-electron chi connectivity index (χ4n) is 3.33. The second kappa shape index (κ2) is 13.2. The van der Waals surface area contributed by atoms with Crippen LogP contribution in [0.3, 0.4) is 0 Å². The SMILES string of the molecule is CCOc1ccc(CNC(=O)/C(=C/c2cccs2)NC(=O)c2ccc(OC)c(OC)c2)cc1OCC. The van der Waals surface area contributed by atoms with E-state index in [9.17, 15) is 9.59 Å². The summed E-state index contributed by atoms with van der Waals surface area (Å²) >= 11 is 1.46. The molecule has 0 spiro atoms. The molecule has 8 nitrogen and oxygen atoms in total. The summed E-state index contributed by atoms with van der Waals surface area (Å²) in [4.78, 5) is 26.9. The zero-order valence-corrected chi connectivity index (χ0v) is 21.6. The van der Waals surface area contributed by atoms with Gasteiger partial charge in [-0.15, -0.1) is 11.3 Å². The molecule has 9 heteroatoms. The minimum absolute atomic E-state index is 0.119. The number of benzene rings is 2. The largest absolute Gasteiger partial charge is 0.493 e. The number of hydrogen-bond donors (Lipinski definition) is 2. The fourth-order valence-corrected chi connectivity index (χ4v) is 3.99. The maximum absolute atomic E-state index is 13.1. The lowest BCUT2D eigenvalue weighted by Crippen LogP contribution is -2.34. The van der Waals surface area contributed by atoms with E-state index in [0.29, 0.717) is 41.8 Å². The molecule has 0 fully saturated rings. The normalized spacial score (nSPS) is 10.9. The van der Waals surface area contributed by atoms with Crippen molar-refractivity contribution in [2.45, 2.75) is 20.4 Å². The van der Waals surface area contributed by atoms with Gasteiger partial charge in [0.2, 0.25) is 0 Å². The summed E-state index contributed by atoms with van der Waals surface area (Å²) in [6, 6.07) is 14.0. The predicted molar refractivity (Wildman–Crippen MR) is 140 cm³/mol. The van der Waals surface area contributed by atoms with Crippen LogP contribution in [-0.4, -0.2) is 39.2 Å². The molecule has 0 aliphatic carbocycles.